The van der Waals surface area contributed by atoms with Gasteiger partial charge in [-0.3, -0.25) is 9.52 Å². The SMILES string of the molecule is CCN(Cc1ccccc1)C(=O)CSc1nc2ccc(NS(C)(=O)=O)cc2s1. The fourth-order valence-electron chi connectivity index (χ4n) is 2.64. The second-order valence-corrected chi connectivity index (χ2v) is 10.2. The molecule has 0 fully saturated rings. The number of carbonyl (C=O) groups excluding carboxylic acids is 1. The average Bonchev–Trinajstić information content (AvgIpc) is 3.06. The van der Waals surface area contributed by atoms with Gasteiger partial charge in [0.1, 0.15) is 0 Å². The van der Waals surface area contributed by atoms with Gasteiger partial charge in [0.2, 0.25) is 15.9 Å². The highest BCUT2D eigenvalue weighted by Crippen LogP contribution is 2.31. The van der Waals surface area contributed by atoms with Gasteiger partial charge in [-0.05, 0) is 30.7 Å². The Labute approximate surface area is 173 Å². The van der Waals surface area contributed by atoms with Crippen molar-refractivity contribution in [3.8, 4) is 0 Å². The Bertz CT molecular complexity index is 1070. The van der Waals surface area contributed by atoms with Crippen LogP contribution in [-0.2, 0) is 21.4 Å². The Morgan fingerprint density at radius 1 is 1.21 bits per heavy atom. The topological polar surface area (TPSA) is 79.4 Å². The summed E-state index contributed by atoms with van der Waals surface area (Å²) in [6.45, 7) is 3.21. The Kier molecular flexibility index (Phi) is 6.58. The number of rotatable bonds is 8. The average molecular weight is 436 g/mol. The van der Waals surface area contributed by atoms with E-state index in [4.69, 9.17) is 0 Å². The van der Waals surface area contributed by atoms with Crippen LogP contribution in [0.4, 0.5) is 5.69 Å². The van der Waals surface area contributed by atoms with E-state index in [0.717, 1.165) is 26.4 Å². The van der Waals surface area contributed by atoms with Crippen LogP contribution in [-0.4, -0.2) is 42.8 Å². The summed E-state index contributed by atoms with van der Waals surface area (Å²) in [6, 6.07) is 15.1. The van der Waals surface area contributed by atoms with Crippen molar-refractivity contribution < 1.29 is 13.2 Å². The number of hydrogen-bond donors (Lipinski definition) is 1. The van der Waals surface area contributed by atoms with Crippen LogP contribution >= 0.6 is 23.1 Å². The molecule has 1 aromatic heterocycles. The molecule has 3 rings (SSSR count). The highest BCUT2D eigenvalue weighted by Gasteiger charge is 2.14. The predicted octanol–water partition coefficient (Wildman–Crippen LogP) is 3.81. The van der Waals surface area contributed by atoms with Crippen LogP contribution < -0.4 is 4.72 Å². The van der Waals surface area contributed by atoms with Gasteiger partial charge in [-0.2, -0.15) is 0 Å². The summed E-state index contributed by atoms with van der Waals surface area (Å²) in [7, 11) is -3.32. The maximum absolute atomic E-state index is 12.6. The summed E-state index contributed by atoms with van der Waals surface area (Å²) in [5, 5.41) is 0. The minimum Gasteiger partial charge on any atom is -0.338 e. The summed E-state index contributed by atoms with van der Waals surface area (Å²) in [4.78, 5) is 18.9. The predicted molar refractivity (Wildman–Crippen MR) is 116 cm³/mol. The van der Waals surface area contributed by atoms with Gasteiger partial charge in [-0.1, -0.05) is 42.1 Å². The van der Waals surface area contributed by atoms with E-state index < -0.39 is 10.0 Å². The Hall–Kier alpha value is -2.10. The zero-order valence-corrected chi connectivity index (χ0v) is 18.0. The molecule has 9 heteroatoms. The lowest BCUT2D eigenvalue weighted by Crippen LogP contribution is -2.31. The molecule has 148 valence electrons. The normalized spacial score (nSPS) is 11.5. The third kappa shape index (κ3) is 5.70. The molecule has 0 aliphatic heterocycles. The van der Waals surface area contributed by atoms with Gasteiger partial charge in [0.05, 0.1) is 27.9 Å². The molecule has 1 heterocycles. The number of nitrogens with one attached hydrogen (secondary N) is 1. The smallest absolute Gasteiger partial charge is 0.233 e. The van der Waals surface area contributed by atoms with Crippen molar-refractivity contribution in [1.82, 2.24) is 9.88 Å². The van der Waals surface area contributed by atoms with Crippen molar-refractivity contribution >= 4 is 54.9 Å². The summed E-state index contributed by atoms with van der Waals surface area (Å²) in [5.41, 5.74) is 2.40. The first-order valence-electron chi connectivity index (χ1n) is 8.67. The second kappa shape index (κ2) is 8.93. The van der Waals surface area contributed by atoms with Gasteiger partial charge >= 0.3 is 0 Å². The lowest BCUT2D eigenvalue weighted by atomic mass is 10.2. The first-order chi connectivity index (χ1) is 13.3. The quantitative estimate of drug-likeness (QED) is 0.544. The molecule has 0 saturated carbocycles. The Balaban J connectivity index is 1.64. The Morgan fingerprint density at radius 2 is 1.96 bits per heavy atom. The molecular formula is C19H21N3O3S3. The maximum atomic E-state index is 12.6. The van der Waals surface area contributed by atoms with E-state index in [1.54, 1.807) is 18.2 Å². The molecule has 0 spiro atoms. The van der Waals surface area contributed by atoms with Crippen LogP contribution in [0.25, 0.3) is 10.2 Å². The number of anilines is 1. The first kappa shape index (κ1) is 20.6. The first-order valence-corrected chi connectivity index (χ1v) is 12.4. The zero-order valence-electron chi connectivity index (χ0n) is 15.6. The number of hydrogen-bond acceptors (Lipinski definition) is 6. The lowest BCUT2D eigenvalue weighted by molar-refractivity contribution is -0.128. The summed E-state index contributed by atoms with van der Waals surface area (Å²) in [6.07, 6.45) is 1.12. The summed E-state index contributed by atoms with van der Waals surface area (Å²) in [5.74, 6) is 0.379. The van der Waals surface area contributed by atoms with E-state index in [9.17, 15) is 13.2 Å². The summed E-state index contributed by atoms with van der Waals surface area (Å²) < 4.78 is 26.9. The minimum absolute atomic E-state index is 0.0649. The van der Waals surface area contributed by atoms with Gasteiger partial charge in [0, 0.05) is 13.1 Å². The Morgan fingerprint density at radius 3 is 2.64 bits per heavy atom. The number of thioether (sulfide) groups is 1. The molecule has 0 aliphatic carbocycles. The standard InChI is InChI=1S/C19H21N3O3S3/c1-3-22(12-14-7-5-4-6-8-14)18(23)13-26-19-20-16-10-9-15(11-17(16)27-19)21-28(2,24)25/h4-11,21H,3,12-13H2,1-2H3. The molecule has 0 atom stereocenters. The van der Waals surface area contributed by atoms with Crippen molar-refractivity contribution in [1.29, 1.82) is 0 Å². The number of nitrogens with zero attached hydrogens (tertiary/aromatic N) is 2. The van der Waals surface area contributed by atoms with Gasteiger partial charge in [-0.15, -0.1) is 11.3 Å². The van der Waals surface area contributed by atoms with Crippen LogP contribution in [0.15, 0.2) is 52.9 Å². The number of amides is 1. The van der Waals surface area contributed by atoms with Gasteiger partial charge < -0.3 is 4.90 Å². The molecule has 0 saturated heterocycles. The van der Waals surface area contributed by atoms with Gasteiger partial charge in [0.15, 0.2) is 4.34 Å². The zero-order chi connectivity index (χ0) is 20.1. The number of aromatic nitrogens is 1. The van der Waals surface area contributed by atoms with E-state index in [1.165, 1.54) is 23.1 Å². The highest BCUT2D eigenvalue weighted by molar-refractivity contribution is 8.01. The molecule has 0 bridgehead atoms. The monoisotopic (exact) mass is 435 g/mol. The van der Waals surface area contributed by atoms with Gasteiger partial charge in [0.25, 0.3) is 0 Å². The van der Waals surface area contributed by atoms with E-state index in [1.807, 2.05) is 42.2 Å². The summed E-state index contributed by atoms with van der Waals surface area (Å²) >= 11 is 2.85. The molecule has 1 N–H and O–H groups in total. The lowest BCUT2D eigenvalue weighted by Gasteiger charge is -2.20. The molecule has 2 aromatic carbocycles. The van der Waals surface area contributed by atoms with Crippen LogP contribution in [0, 0.1) is 0 Å². The number of thiazole rings is 1. The van der Waals surface area contributed by atoms with E-state index in [2.05, 4.69) is 9.71 Å². The number of sulfonamides is 1. The fraction of sp³-hybridized carbons (Fsp3) is 0.263. The third-order valence-electron chi connectivity index (χ3n) is 3.94. The van der Waals surface area contributed by atoms with Crippen LogP contribution in [0.1, 0.15) is 12.5 Å². The molecule has 1 amide bonds. The van der Waals surface area contributed by atoms with Crippen molar-refractivity contribution in [2.24, 2.45) is 0 Å². The maximum Gasteiger partial charge on any atom is 0.233 e. The van der Waals surface area contributed by atoms with Crippen molar-refractivity contribution in [3.63, 3.8) is 0 Å². The molecule has 0 aliphatic rings. The largest absolute Gasteiger partial charge is 0.338 e. The van der Waals surface area contributed by atoms with Gasteiger partial charge in [-0.25, -0.2) is 13.4 Å². The molecule has 28 heavy (non-hydrogen) atoms. The second-order valence-electron chi connectivity index (χ2n) is 6.22. The molecule has 6 nitrogen and oxygen atoms in total. The van der Waals surface area contributed by atoms with Crippen LogP contribution in [0.3, 0.4) is 0 Å². The van der Waals surface area contributed by atoms with E-state index >= 15 is 0 Å². The molecular weight excluding hydrogens is 414 g/mol. The minimum atomic E-state index is -3.32. The number of fused-ring (bicyclic) bond motifs is 1. The van der Waals surface area contributed by atoms with E-state index in [-0.39, 0.29) is 5.91 Å². The van der Waals surface area contributed by atoms with E-state index in [0.29, 0.717) is 24.5 Å². The van der Waals surface area contributed by atoms with Crippen molar-refractivity contribution in [2.45, 2.75) is 17.8 Å². The number of benzene rings is 2. The molecule has 0 unspecified atom stereocenters. The number of carbonyl (C=O) groups is 1. The van der Waals surface area contributed by atoms with Crippen LogP contribution in [0.2, 0.25) is 0 Å². The van der Waals surface area contributed by atoms with Crippen molar-refractivity contribution in [3.05, 3.63) is 54.1 Å². The fourth-order valence-corrected chi connectivity index (χ4v) is 5.20. The third-order valence-corrected chi connectivity index (χ3v) is 6.69. The van der Waals surface area contributed by atoms with Crippen LogP contribution in [0.5, 0.6) is 0 Å². The molecule has 3 aromatic rings. The van der Waals surface area contributed by atoms with Crippen molar-refractivity contribution in [2.75, 3.05) is 23.3 Å². The molecule has 0 radical (unpaired) electrons. The highest BCUT2D eigenvalue weighted by atomic mass is 32.2.